The van der Waals surface area contributed by atoms with Crippen LogP contribution in [0, 0.1) is 5.41 Å². The maximum Gasteiger partial charge on any atom is 0.407 e. The molecule has 1 spiro atoms. The number of ether oxygens (including phenoxy) is 1. The molecule has 1 aliphatic heterocycles. The summed E-state index contributed by atoms with van der Waals surface area (Å²) < 4.78 is 5.25. The van der Waals surface area contributed by atoms with E-state index in [1.807, 2.05) is 30.3 Å². The summed E-state index contributed by atoms with van der Waals surface area (Å²) in [6, 6.07) is 10.1. The quantitative estimate of drug-likeness (QED) is 0.890. The lowest BCUT2D eigenvalue weighted by Crippen LogP contribution is -2.54. The van der Waals surface area contributed by atoms with Crippen molar-refractivity contribution in [1.82, 2.24) is 10.6 Å². The van der Waals surface area contributed by atoms with E-state index in [9.17, 15) is 4.79 Å². The lowest BCUT2D eigenvalue weighted by Gasteiger charge is -2.50. The smallest absolute Gasteiger partial charge is 0.407 e. The van der Waals surface area contributed by atoms with Crippen LogP contribution in [0.3, 0.4) is 0 Å². The van der Waals surface area contributed by atoms with Gasteiger partial charge >= 0.3 is 6.09 Å². The van der Waals surface area contributed by atoms with Gasteiger partial charge in [-0.15, -0.1) is 0 Å². The Hall–Kier alpha value is -1.55. The molecule has 0 radical (unpaired) electrons. The minimum absolute atomic E-state index is 0.289. The Morgan fingerprint density at radius 2 is 1.95 bits per heavy atom. The Kier molecular flexibility index (Phi) is 3.92. The van der Waals surface area contributed by atoms with Gasteiger partial charge in [0.1, 0.15) is 6.61 Å². The number of alkyl carbamates (subject to hydrolysis) is 1. The molecule has 0 atom stereocenters. The number of amides is 1. The summed E-state index contributed by atoms with van der Waals surface area (Å²) in [7, 11) is 0. The van der Waals surface area contributed by atoms with E-state index in [0.29, 0.717) is 18.1 Å². The van der Waals surface area contributed by atoms with Gasteiger partial charge in [0.25, 0.3) is 0 Å². The standard InChI is InChI=1S/C16H22N2O2/c19-15(20-12-13-4-2-1-3-5-13)18-14-10-16(11-14)6-8-17-9-7-16/h1-5,14,17H,6-12H2,(H,18,19). The molecular formula is C16H22N2O2. The van der Waals surface area contributed by atoms with Crippen LogP contribution in [0.4, 0.5) is 4.79 Å². The van der Waals surface area contributed by atoms with Gasteiger partial charge in [-0.1, -0.05) is 30.3 Å². The summed E-state index contributed by atoms with van der Waals surface area (Å²) in [5.41, 5.74) is 1.51. The summed E-state index contributed by atoms with van der Waals surface area (Å²) in [6.45, 7) is 2.57. The van der Waals surface area contributed by atoms with E-state index >= 15 is 0 Å². The number of carbonyl (C=O) groups is 1. The molecule has 2 N–H and O–H groups in total. The van der Waals surface area contributed by atoms with E-state index in [1.165, 1.54) is 12.8 Å². The van der Waals surface area contributed by atoms with Gasteiger partial charge in [0.2, 0.25) is 0 Å². The average Bonchev–Trinajstić information content (AvgIpc) is 2.46. The molecule has 1 aliphatic carbocycles. The van der Waals surface area contributed by atoms with Gasteiger partial charge in [-0.05, 0) is 49.8 Å². The number of nitrogens with one attached hydrogen (secondary N) is 2. The molecule has 0 unspecified atom stereocenters. The van der Waals surface area contributed by atoms with Crippen molar-refractivity contribution in [3.63, 3.8) is 0 Å². The monoisotopic (exact) mass is 274 g/mol. The first-order chi connectivity index (χ1) is 9.76. The van der Waals surface area contributed by atoms with Crippen LogP contribution in [0.2, 0.25) is 0 Å². The van der Waals surface area contributed by atoms with Crippen molar-refractivity contribution in [2.45, 2.75) is 38.3 Å². The molecular weight excluding hydrogens is 252 g/mol. The number of hydrogen-bond acceptors (Lipinski definition) is 3. The number of carbonyl (C=O) groups excluding carboxylic acids is 1. The molecule has 0 bridgehead atoms. The van der Waals surface area contributed by atoms with Crippen molar-refractivity contribution in [1.29, 1.82) is 0 Å². The van der Waals surface area contributed by atoms with Gasteiger partial charge in [0.05, 0.1) is 0 Å². The molecule has 0 aromatic heterocycles. The molecule has 4 nitrogen and oxygen atoms in total. The Morgan fingerprint density at radius 1 is 1.25 bits per heavy atom. The number of benzene rings is 1. The van der Waals surface area contributed by atoms with Crippen LogP contribution >= 0.6 is 0 Å². The Labute approximate surface area is 119 Å². The lowest BCUT2D eigenvalue weighted by atomic mass is 9.61. The van der Waals surface area contributed by atoms with Gasteiger partial charge < -0.3 is 15.4 Å². The maximum atomic E-state index is 11.7. The SMILES string of the molecule is O=C(NC1CC2(CCNCC2)C1)OCc1ccccc1. The second-order valence-corrected chi connectivity index (χ2v) is 6.06. The topological polar surface area (TPSA) is 50.4 Å². The van der Waals surface area contributed by atoms with Crippen LogP contribution in [0.25, 0.3) is 0 Å². The zero-order valence-electron chi connectivity index (χ0n) is 11.7. The van der Waals surface area contributed by atoms with Gasteiger partial charge in [-0.2, -0.15) is 0 Å². The molecule has 1 aromatic carbocycles. The van der Waals surface area contributed by atoms with E-state index in [1.54, 1.807) is 0 Å². The van der Waals surface area contributed by atoms with Gasteiger partial charge in [0.15, 0.2) is 0 Å². The van der Waals surface area contributed by atoms with E-state index in [4.69, 9.17) is 4.74 Å². The summed E-state index contributed by atoms with van der Waals surface area (Å²) in [4.78, 5) is 11.7. The molecule has 1 amide bonds. The fourth-order valence-electron chi connectivity index (χ4n) is 3.38. The molecule has 1 aromatic rings. The van der Waals surface area contributed by atoms with Crippen LogP contribution in [0.1, 0.15) is 31.2 Å². The number of piperidine rings is 1. The largest absolute Gasteiger partial charge is 0.445 e. The van der Waals surface area contributed by atoms with Crippen LogP contribution in [-0.4, -0.2) is 25.2 Å². The molecule has 20 heavy (non-hydrogen) atoms. The third-order valence-corrected chi connectivity index (χ3v) is 4.56. The predicted octanol–water partition coefficient (Wildman–Crippen LogP) is 2.45. The number of rotatable bonds is 3. The van der Waals surface area contributed by atoms with E-state index < -0.39 is 0 Å². The van der Waals surface area contributed by atoms with Crippen molar-refractivity contribution in [3.05, 3.63) is 35.9 Å². The zero-order chi connectivity index (χ0) is 13.8. The van der Waals surface area contributed by atoms with Crippen LogP contribution in [0.5, 0.6) is 0 Å². The van der Waals surface area contributed by atoms with E-state index in [-0.39, 0.29) is 6.09 Å². The fraction of sp³-hybridized carbons (Fsp3) is 0.562. The highest BCUT2D eigenvalue weighted by Crippen LogP contribution is 2.47. The highest BCUT2D eigenvalue weighted by atomic mass is 16.5. The van der Waals surface area contributed by atoms with Crippen molar-refractivity contribution in [2.75, 3.05) is 13.1 Å². The van der Waals surface area contributed by atoms with E-state index in [0.717, 1.165) is 31.5 Å². The lowest BCUT2D eigenvalue weighted by molar-refractivity contribution is 0.0413. The maximum absolute atomic E-state index is 11.7. The molecule has 1 saturated heterocycles. The fourth-order valence-corrected chi connectivity index (χ4v) is 3.38. The Morgan fingerprint density at radius 3 is 2.65 bits per heavy atom. The molecule has 108 valence electrons. The third-order valence-electron chi connectivity index (χ3n) is 4.56. The van der Waals surface area contributed by atoms with Crippen LogP contribution in [-0.2, 0) is 11.3 Å². The minimum atomic E-state index is -0.289. The summed E-state index contributed by atoms with van der Waals surface area (Å²) in [5, 5.41) is 6.37. The first-order valence-corrected chi connectivity index (χ1v) is 7.44. The second kappa shape index (κ2) is 5.83. The Bertz CT molecular complexity index is 447. The van der Waals surface area contributed by atoms with Gasteiger partial charge in [0, 0.05) is 6.04 Å². The van der Waals surface area contributed by atoms with Crippen LogP contribution in [0.15, 0.2) is 30.3 Å². The number of hydrogen-bond donors (Lipinski definition) is 2. The normalized spacial score (nSPS) is 21.2. The zero-order valence-corrected chi connectivity index (χ0v) is 11.7. The highest BCUT2D eigenvalue weighted by molar-refractivity contribution is 5.67. The van der Waals surface area contributed by atoms with Crippen molar-refractivity contribution in [2.24, 2.45) is 5.41 Å². The second-order valence-electron chi connectivity index (χ2n) is 6.06. The first kappa shape index (κ1) is 13.4. The molecule has 4 heteroatoms. The van der Waals surface area contributed by atoms with Crippen molar-refractivity contribution < 1.29 is 9.53 Å². The first-order valence-electron chi connectivity index (χ1n) is 7.44. The van der Waals surface area contributed by atoms with Gasteiger partial charge in [-0.25, -0.2) is 4.79 Å². The molecule has 3 rings (SSSR count). The average molecular weight is 274 g/mol. The summed E-state index contributed by atoms with van der Waals surface area (Å²) in [5.74, 6) is 0. The van der Waals surface area contributed by atoms with E-state index in [2.05, 4.69) is 10.6 Å². The summed E-state index contributed by atoms with van der Waals surface area (Å²) >= 11 is 0. The van der Waals surface area contributed by atoms with Crippen molar-refractivity contribution >= 4 is 6.09 Å². The molecule has 1 heterocycles. The minimum Gasteiger partial charge on any atom is -0.445 e. The van der Waals surface area contributed by atoms with Crippen LogP contribution < -0.4 is 10.6 Å². The van der Waals surface area contributed by atoms with Gasteiger partial charge in [-0.3, -0.25) is 0 Å². The Balaban J connectivity index is 1.38. The van der Waals surface area contributed by atoms with Crippen molar-refractivity contribution in [3.8, 4) is 0 Å². The molecule has 1 saturated carbocycles. The third kappa shape index (κ3) is 3.12. The predicted molar refractivity (Wildman–Crippen MR) is 77.3 cm³/mol. The summed E-state index contributed by atoms with van der Waals surface area (Å²) in [6.07, 6.45) is 4.40. The molecule has 2 fully saturated rings. The highest BCUT2D eigenvalue weighted by Gasteiger charge is 2.45. The molecule has 2 aliphatic rings.